The van der Waals surface area contributed by atoms with Crippen molar-refractivity contribution < 1.29 is 14.7 Å². The number of tetrazole rings is 1. The maximum absolute atomic E-state index is 11.6. The van der Waals surface area contributed by atoms with E-state index in [0.717, 1.165) is 17.7 Å². The van der Waals surface area contributed by atoms with Crippen LogP contribution in [0.4, 0.5) is 5.69 Å². The van der Waals surface area contributed by atoms with Crippen molar-refractivity contribution in [2.24, 2.45) is 0 Å². The highest BCUT2D eigenvalue weighted by atomic mass is 16.4. The molecule has 0 saturated carbocycles. The lowest BCUT2D eigenvalue weighted by Gasteiger charge is -2.08. The normalized spacial score (nSPS) is 10.7. The van der Waals surface area contributed by atoms with Gasteiger partial charge in [0.1, 0.15) is 6.33 Å². The molecule has 20 heavy (non-hydrogen) atoms. The molecule has 0 aliphatic carbocycles. The second-order valence-electron chi connectivity index (χ2n) is 3.91. The highest BCUT2D eigenvalue weighted by molar-refractivity contribution is 6.02. The molecular formula is C12H11N5O3. The number of hydrogen-bond donors (Lipinski definition) is 2. The first-order valence-corrected chi connectivity index (χ1v) is 5.62. The standard InChI is InChI=1S/C12H11N5O3/c1-8-2-3-9(17-7-13-15-16-17)6-10(8)14-11(18)4-5-12(19)20/h2-7H,1H3,(H,14,18)(H,19,20)/b5-4+. The summed E-state index contributed by atoms with van der Waals surface area (Å²) in [6, 6.07) is 5.29. The number of carbonyl (C=O) groups is 2. The number of aryl methyl sites for hydroxylation is 1. The highest BCUT2D eigenvalue weighted by Crippen LogP contribution is 2.18. The van der Waals surface area contributed by atoms with Crippen molar-refractivity contribution in [1.29, 1.82) is 0 Å². The second-order valence-corrected chi connectivity index (χ2v) is 3.91. The Balaban J connectivity index is 2.21. The zero-order valence-corrected chi connectivity index (χ0v) is 10.5. The number of nitrogens with one attached hydrogen (secondary N) is 1. The third-order valence-electron chi connectivity index (χ3n) is 2.47. The molecule has 0 saturated heterocycles. The molecule has 1 aromatic heterocycles. The second kappa shape index (κ2) is 5.74. The van der Waals surface area contributed by atoms with Gasteiger partial charge < -0.3 is 10.4 Å². The predicted molar refractivity (Wildman–Crippen MR) is 69.3 cm³/mol. The van der Waals surface area contributed by atoms with Gasteiger partial charge in [0.15, 0.2) is 0 Å². The van der Waals surface area contributed by atoms with Crippen molar-refractivity contribution in [2.75, 3.05) is 5.32 Å². The molecule has 102 valence electrons. The largest absolute Gasteiger partial charge is 0.478 e. The molecule has 0 fully saturated rings. The summed E-state index contributed by atoms with van der Waals surface area (Å²) in [7, 11) is 0. The van der Waals surface area contributed by atoms with Crippen LogP contribution < -0.4 is 5.32 Å². The maximum Gasteiger partial charge on any atom is 0.328 e. The molecule has 2 N–H and O–H groups in total. The van der Waals surface area contributed by atoms with Crippen LogP contribution in [0.15, 0.2) is 36.7 Å². The lowest BCUT2D eigenvalue weighted by molar-refractivity contribution is -0.131. The van der Waals surface area contributed by atoms with Crippen molar-refractivity contribution in [3.05, 3.63) is 42.2 Å². The fraction of sp³-hybridized carbons (Fsp3) is 0.0833. The summed E-state index contributed by atoms with van der Waals surface area (Å²) in [6.07, 6.45) is 3.15. The Morgan fingerprint density at radius 2 is 2.15 bits per heavy atom. The molecule has 2 aromatic rings. The SMILES string of the molecule is Cc1ccc(-n2cnnn2)cc1NC(=O)/C=C/C(=O)O. The molecule has 8 nitrogen and oxygen atoms in total. The van der Waals surface area contributed by atoms with Crippen LogP contribution >= 0.6 is 0 Å². The Morgan fingerprint density at radius 3 is 2.80 bits per heavy atom. The minimum absolute atomic E-state index is 0.524. The molecule has 0 aliphatic heterocycles. The molecule has 8 heteroatoms. The van der Waals surface area contributed by atoms with E-state index in [2.05, 4.69) is 20.8 Å². The van der Waals surface area contributed by atoms with E-state index in [1.165, 1.54) is 11.0 Å². The number of carbonyl (C=O) groups excluding carboxylic acids is 1. The van der Waals surface area contributed by atoms with Crippen molar-refractivity contribution in [2.45, 2.75) is 6.92 Å². The van der Waals surface area contributed by atoms with Crippen LogP contribution in [-0.4, -0.2) is 37.2 Å². The topological polar surface area (TPSA) is 110 Å². The molecular weight excluding hydrogens is 262 g/mol. The monoisotopic (exact) mass is 273 g/mol. The fourth-order valence-electron chi connectivity index (χ4n) is 1.49. The zero-order chi connectivity index (χ0) is 14.5. The van der Waals surface area contributed by atoms with E-state index in [-0.39, 0.29) is 0 Å². The van der Waals surface area contributed by atoms with Crippen LogP contribution in [0.3, 0.4) is 0 Å². The summed E-state index contributed by atoms with van der Waals surface area (Å²) < 4.78 is 1.45. The van der Waals surface area contributed by atoms with Gasteiger partial charge in [0.2, 0.25) is 5.91 Å². The van der Waals surface area contributed by atoms with Gasteiger partial charge in [-0.2, -0.15) is 0 Å². The molecule has 1 amide bonds. The first-order valence-electron chi connectivity index (χ1n) is 5.62. The van der Waals surface area contributed by atoms with E-state index < -0.39 is 11.9 Å². The lowest BCUT2D eigenvalue weighted by Crippen LogP contribution is -2.10. The highest BCUT2D eigenvalue weighted by Gasteiger charge is 2.05. The van der Waals surface area contributed by atoms with Crippen LogP contribution in [0, 0.1) is 6.92 Å². The van der Waals surface area contributed by atoms with Crippen LogP contribution in [0.25, 0.3) is 5.69 Å². The quantitative estimate of drug-likeness (QED) is 0.787. The summed E-state index contributed by atoms with van der Waals surface area (Å²) in [5.74, 6) is -1.70. The number of benzene rings is 1. The molecule has 0 atom stereocenters. The van der Waals surface area contributed by atoms with E-state index in [4.69, 9.17) is 5.11 Å². The van der Waals surface area contributed by atoms with Gasteiger partial charge in [-0.1, -0.05) is 6.07 Å². The van der Waals surface area contributed by atoms with Crippen molar-refractivity contribution in [3.8, 4) is 5.69 Å². The first-order chi connectivity index (χ1) is 9.56. The Labute approximate surface area is 113 Å². The summed E-state index contributed by atoms with van der Waals surface area (Å²) in [4.78, 5) is 21.9. The number of carboxylic acids is 1. The van der Waals surface area contributed by atoms with Gasteiger partial charge in [0.05, 0.1) is 5.69 Å². The van der Waals surface area contributed by atoms with Crippen molar-refractivity contribution >= 4 is 17.6 Å². The summed E-state index contributed by atoms with van der Waals surface area (Å²) in [5, 5.41) is 21.9. The van der Waals surface area contributed by atoms with Gasteiger partial charge in [0, 0.05) is 17.8 Å². The van der Waals surface area contributed by atoms with Crippen molar-refractivity contribution in [1.82, 2.24) is 20.2 Å². The Morgan fingerprint density at radius 1 is 1.35 bits per heavy atom. The Hall–Kier alpha value is -3.03. The molecule has 0 radical (unpaired) electrons. The fourth-order valence-corrected chi connectivity index (χ4v) is 1.49. The molecule has 0 bridgehead atoms. The number of carboxylic acid groups (broad SMARTS) is 1. The number of nitrogens with zero attached hydrogens (tertiary/aromatic N) is 4. The number of hydrogen-bond acceptors (Lipinski definition) is 5. The van der Waals surface area contributed by atoms with Gasteiger partial charge >= 0.3 is 5.97 Å². The molecule has 0 aliphatic rings. The van der Waals surface area contributed by atoms with Crippen LogP contribution in [0.2, 0.25) is 0 Å². The lowest BCUT2D eigenvalue weighted by atomic mass is 10.2. The Bertz CT molecular complexity index is 664. The van der Waals surface area contributed by atoms with E-state index in [1.54, 1.807) is 18.2 Å². The van der Waals surface area contributed by atoms with E-state index in [1.807, 2.05) is 6.92 Å². The third kappa shape index (κ3) is 3.25. The minimum Gasteiger partial charge on any atom is -0.478 e. The maximum atomic E-state index is 11.6. The first kappa shape index (κ1) is 13.4. The minimum atomic E-state index is -1.18. The van der Waals surface area contributed by atoms with Gasteiger partial charge in [0.25, 0.3) is 0 Å². The average molecular weight is 273 g/mol. The van der Waals surface area contributed by atoms with Gasteiger partial charge in [-0.15, -0.1) is 5.10 Å². The van der Waals surface area contributed by atoms with Gasteiger partial charge in [-0.3, -0.25) is 4.79 Å². The van der Waals surface area contributed by atoms with Gasteiger partial charge in [-0.25, -0.2) is 9.48 Å². The van der Waals surface area contributed by atoms with E-state index in [0.29, 0.717) is 11.4 Å². The number of aliphatic carboxylic acids is 1. The van der Waals surface area contributed by atoms with Crippen molar-refractivity contribution in [3.63, 3.8) is 0 Å². The molecule has 0 unspecified atom stereocenters. The smallest absolute Gasteiger partial charge is 0.328 e. The molecule has 2 rings (SSSR count). The zero-order valence-electron chi connectivity index (χ0n) is 10.5. The number of anilines is 1. The summed E-state index contributed by atoms with van der Waals surface area (Å²) >= 11 is 0. The summed E-state index contributed by atoms with van der Waals surface area (Å²) in [5.41, 5.74) is 2.06. The predicted octanol–water partition coefficient (Wildman–Crippen LogP) is 0.550. The van der Waals surface area contributed by atoms with Crippen LogP contribution in [0.1, 0.15) is 5.56 Å². The summed E-state index contributed by atoms with van der Waals surface area (Å²) in [6.45, 7) is 1.82. The third-order valence-corrected chi connectivity index (χ3v) is 2.47. The molecule has 1 aromatic carbocycles. The van der Waals surface area contributed by atoms with Gasteiger partial charge in [-0.05, 0) is 35.0 Å². The number of aromatic nitrogens is 4. The average Bonchev–Trinajstić information content (AvgIpc) is 2.93. The number of amides is 1. The molecule has 0 spiro atoms. The van der Waals surface area contributed by atoms with Crippen LogP contribution in [0.5, 0.6) is 0 Å². The van der Waals surface area contributed by atoms with E-state index >= 15 is 0 Å². The molecule has 1 heterocycles. The Kier molecular flexibility index (Phi) is 3.85. The number of rotatable bonds is 4. The van der Waals surface area contributed by atoms with E-state index in [9.17, 15) is 9.59 Å². The van der Waals surface area contributed by atoms with Crippen LogP contribution in [-0.2, 0) is 9.59 Å².